The predicted molar refractivity (Wildman–Crippen MR) is 89.7 cm³/mol. The predicted octanol–water partition coefficient (Wildman–Crippen LogP) is 4.03. The van der Waals surface area contributed by atoms with Crippen molar-refractivity contribution in [2.24, 2.45) is 0 Å². The SMILES string of the molecule is Cc1nc(-c2ccc3ccccc3c2)cc([C@@H]2CCCN2)n1. The second kappa shape index (κ2) is 5.50. The molecule has 22 heavy (non-hydrogen) atoms. The Balaban J connectivity index is 1.79. The molecule has 1 fully saturated rings. The third kappa shape index (κ3) is 2.48. The molecule has 0 radical (unpaired) electrons. The summed E-state index contributed by atoms with van der Waals surface area (Å²) >= 11 is 0. The highest BCUT2D eigenvalue weighted by Crippen LogP contribution is 2.27. The number of fused-ring (bicyclic) bond motifs is 1. The Hall–Kier alpha value is -2.26. The number of rotatable bonds is 2. The first kappa shape index (κ1) is 13.4. The molecule has 1 aliphatic heterocycles. The first-order valence-electron chi connectivity index (χ1n) is 7.88. The summed E-state index contributed by atoms with van der Waals surface area (Å²) in [5.41, 5.74) is 3.29. The molecular weight excluding hydrogens is 270 g/mol. The van der Waals surface area contributed by atoms with Crippen LogP contribution >= 0.6 is 0 Å². The van der Waals surface area contributed by atoms with Gasteiger partial charge in [-0.15, -0.1) is 0 Å². The Labute approximate surface area is 130 Å². The van der Waals surface area contributed by atoms with Gasteiger partial charge in [-0.05, 0) is 49.2 Å². The van der Waals surface area contributed by atoms with Crippen molar-refractivity contribution in [2.75, 3.05) is 6.54 Å². The molecule has 4 rings (SSSR count). The summed E-state index contributed by atoms with van der Waals surface area (Å²) in [6.07, 6.45) is 2.38. The highest BCUT2D eigenvalue weighted by Gasteiger charge is 2.19. The summed E-state index contributed by atoms with van der Waals surface area (Å²) < 4.78 is 0. The summed E-state index contributed by atoms with van der Waals surface area (Å²) in [5, 5.41) is 6.02. The van der Waals surface area contributed by atoms with Crippen LogP contribution in [0.1, 0.15) is 30.4 Å². The molecule has 1 N–H and O–H groups in total. The first-order valence-corrected chi connectivity index (χ1v) is 7.88. The van der Waals surface area contributed by atoms with Crippen LogP contribution in [0.25, 0.3) is 22.0 Å². The van der Waals surface area contributed by atoms with Gasteiger partial charge in [-0.25, -0.2) is 9.97 Å². The normalized spacial score (nSPS) is 18.0. The minimum Gasteiger partial charge on any atom is -0.309 e. The van der Waals surface area contributed by atoms with E-state index >= 15 is 0 Å². The van der Waals surface area contributed by atoms with Crippen molar-refractivity contribution in [3.8, 4) is 11.3 Å². The Kier molecular flexibility index (Phi) is 3.35. The van der Waals surface area contributed by atoms with Gasteiger partial charge in [-0.1, -0.05) is 36.4 Å². The molecule has 0 aliphatic carbocycles. The van der Waals surface area contributed by atoms with Gasteiger partial charge in [-0.3, -0.25) is 0 Å². The van der Waals surface area contributed by atoms with Gasteiger partial charge in [0.05, 0.1) is 11.4 Å². The van der Waals surface area contributed by atoms with Crippen molar-refractivity contribution in [3.63, 3.8) is 0 Å². The molecule has 0 bridgehead atoms. The fraction of sp³-hybridized carbons (Fsp3) is 0.263. The van der Waals surface area contributed by atoms with Gasteiger partial charge < -0.3 is 5.32 Å². The molecule has 0 saturated carbocycles. The Morgan fingerprint density at radius 1 is 1.00 bits per heavy atom. The fourth-order valence-corrected chi connectivity index (χ4v) is 3.20. The number of hydrogen-bond donors (Lipinski definition) is 1. The molecule has 3 nitrogen and oxygen atoms in total. The second-order valence-corrected chi connectivity index (χ2v) is 5.94. The number of aromatic nitrogens is 2. The maximum Gasteiger partial charge on any atom is 0.126 e. The molecule has 3 heteroatoms. The summed E-state index contributed by atoms with van der Waals surface area (Å²) in [4.78, 5) is 9.27. The third-order valence-corrected chi connectivity index (χ3v) is 4.32. The lowest BCUT2D eigenvalue weighted by Gasteiger charge is -2.12. The van der Waals surface area contributed by atoms with Crippen molar-refractivity contribution < 1.29 is 0 Å². The third-order valence-electron chi connectivity index (χ3n) is 4.32. The number of hydrogen-bond acceptors (Lipinski definition) is 3. The van der Waals surface area contributed by atoms with Gasteiger partial charge >= 0.3 is 0 Å². The highest BCUT2D eigenvalue weighted by molar-refractivity contribution is 5.86. The van der Waals surface area contributed by atoms with Gasteiger partial charge in [0, 0.05) is 11.6 Å². The van der Waals surface area contributed by atoms with E-state index in [1.165, 1.54) is 17.2 Å². The summed E-state index contributed by atoms with van der Waals surface area (Å²) in [6, 6.07) is 17.5. The van der Waals surface area contributed by atoms with Gasteiger partial charge in [0.25, 0.3) is 0 Å². The van der Waals surface area contributed by atoms with Gasteiger partial charge in [0.2, 0.25) is 0 Å². The topological polar surface area (TPSA) is 37.8 Å². The Morgan fingerprint density at radius 3 is 2.68 bits per heavy atom. The zero-order valence-corrected chi connectivity index (χ0v) is 12.7. The molecule has 0 amide bonds. The maximum atomic E-state index is 4.64. The fourth-order valence-electron chi connectivity index (χ4n) is 3.20. The smallest absolute Gasteiger partial charge is 0.126 e. The Bertz CT molecular complexity index is 820. The molecule has 1 atom stereocenters. The molecule has 0 spiro atoms. The molecule has 2 heterocycles. The minimum atomic E-state index is 0.376. The van der Waals surface area contributed by atoms with E-state index in [1.54, 1.807) is 0 Å². The van der Waals surface area contributed by atoms with Crippen molar-refractivity contribution in [3.05, 3.63) is 60.0 Å². The van der Waals surface area contributed by atoms with Crippen LogP contribution < -0.4 is 5.32 Å². The van der Waals surface area contributed by atoms with E-state index in [2.05, 4.69) is 63.8 Å². The van der Waals surface area contributed by atoms with Crippen molar-refractivity contribution in [2.45, 2.75) is 25.8 Å². The van der Waals surface area contributed by atoms with E-state index in [9.17, 15) is 0 Å². The molecule has 3 aromatic rings. The van der Waals surface area contributed by atoms with Crippen LogP contribution in [0.5, 0.6) is 0 Å². The van der Waals surface area contributed by atoms with E-state index in [0.29, 0.717) is 6.04 Å². The number of benzene rings is 2. The zero-order chi connectivity index (χ0) is 14.9. The lowest BCUT2D eigenvalue weighted by molar-refractivity contribution is 0.623. The lowest BCUT2D eigenvalue weighted by Crippen LogP contribution is -2.15. The molecule has 2 aromatic carbocycles. The first-order chi connectivity index (χ1) is 10.8. The minimum absolute atomic E-state index is 0.376. The van der Waals surface area contributed by atoms with E-state index in [4.69, 9.17) is 0 Å². The van der Waals surface area contributed by atoms with E-state index < -0.39 is 0 Å². The zero-order valence-electron chi connectivity index (χ0n) is 12.7. The van der Waals surface area contributed by atoms with Crippen LogP contribution in [0.2, 0.25) is 0 Å². The van der Waals surface area contributed by atoms with Crippen molar-refractivity contribution in [1.82, 2.24) is 15.3 Å². The van der Waals surface area contributed by atoms with E-state index in [1.807, 2.05) is 6.92 Å². The summed E-state index contributed by atoms with van der Waals surface area (Å²) in [7, 11) is 0. The van der Waals surface area contributed by atoms with Crippen LogP contribution in [0.3, 0.4) is 0 Å². The van der Waals surface area contributed by atoms with Crippen LogP contribution in [-0.2, 0) is 0 Å². The molecule has 1 aliphatic rings. The van der Waals surface area contributed by atoms with Gasteiger partial charge in [0.15, 0.2) is 0 Å². The highest BCUT2D eigenvalue weighted by atomic mass is 15.0. The van der Waals surface area contributed by atoms with E-state index in [0.717, 1.165) is 35.7 Å². The largest absolute Gasteiger partial charge is 0.309 e. The molecule has 1 aromatic heterocycles. The lowest BCUT2D eigenvalue weighted by atomic mass is 10.0. The number of nitrogens with zero attached hydrogens (tertiary/aromatic N) is 2. The number of aryl methyl sites for hydroxylation is 1. The standard InChI is InChI=1S/C19H19N3/c1-13-21-18(12-19(22-13)17-7-4-10-20-17)16-9-8-14-5-2-3-6-15(14)11-16/h2-3,5-6,8-9,11-12,17,20H,4,7,10H2,1H3/t17-/m0/s1. The molecule has 0 unspecified atom stereocenters. The molecule has 110 valence electrons. The maximum absolute atomic E-state index is 4.64. The second-order valence-electron chi connectivity index (χ2n) is 5.94. The van der Waals surface area contributed by atoms with Crippen LogP contribution in [0.4, 0.5) is 0 Å². The van der Waals surface area contributed by atoms with Crippen LogP contribution in [0.15, 0.2) is 48.5 Å². The van der Waals surface area contributed by atoms with Gasteiger partial charge in [0.1, 0.15) is 5.82 Å². The Morgan fingerprint density at radius 2 is 1.86 bits per heavy atom. The van der Waals surface area contributed by atoms with Crippen molar-refractivity contribution in [1.29, 1.82) is 0 Å². The summed E-state index contributed by atoms with van der Waals surface area (Å²) in [6.45, 7) is 3.06. The van der Waals surface area contributed by atoms with E-state index in [-0.39, 0.29) is 0 Å². The van der Waals surface area contributed by atoms with Gasteiger partial charge in [-0.2, -0.15) is 0 Å². The molecular formula is C19H19N3. The van der Waals surface area contributed by atoms with Crippen LogP contribution in [0, 0.1) is 6.92 Å². The van der Waals surface area contributed by atoms with Crippen molar-refractivity contribution >= 4 is 10.8 Å². The average Bonchev–Trinajstić information content (AvgIpc) is 3.08. The number of nitrogens with one attached hydrogen (secondary N) is 1. The summed E-state index contributed by atoms with van der Waals surface area (Å²) in [5.74, 6) is 0.842. The quantitative estimate of drug-likeness (QED) is 0.774. The van der Waals surface area contributed by atoms with Crippen LogP contribution in [-0.4, -0.2) is 16.5 Å². The average molecular weight is 289 g/mol. The monoisotopic (exact) mass is 289 g/mol. The molecule has 1 saturated heterocycles.